The Balaban J connectivity index is 2.32. The lowest BCUT2D eigenvalue weighted by Gasteiger charge is -2.41. The number of aromatic nitrogens is 1. The van der Waals surface area contributed by atoms with Gasteiger partial charge in [0.15, 0.2) is 0 Å². The molecule has 2 heterocycles. The molecule has 0 bridgehead atoms. The average molecular weight is 239 g/mol. The van der Waals surface area contributed by atoms with Gasteiger partial charge in [-0.1, -0.05) is 0 Å². The van der Waals surface area contributed by atoms with Gasteiger partial charge in [0.1, 0.15) is 0 Å². The summed E-state index contributed by atoms with van der Waals surface area (Å²) in [5.74, 6) is 0.204. The maximum Gasteiger partial charge on any atom is 0.223 e. The van der Waals surface area contributed by atoms with E-state index in [0.717, 1.165) is 11.3 Å². The van der Waals surface area contributed by atoms with Crippen LogP contribution in [0.1, 0.15) is 37.6 Å². The molecule has 1 aliphatic heterocycles. The number of carbonyl (C=O) groups is 1. The molecule has 1 fully saturated rings. The highest BCUT2D eigenvalue weighted by Crippen LogP contribution is 2.34. The Labute approximate surface area is 99.5 Å². The molecular formula is C11H17N3OS. The van der Waals surface area contributed by atoms with Crippen LogP contribution in [0.25, 0.3) is 0 Å². The number of hydrogen-bond donors (Lipinski definition) is 1. The van der Waals surface area contributed by atoms with Crippen LogP contribution in [0.15, 0.2) is 11.7 Å². The van der Waals surface area contributed by atoms with Crippen LogP contribution in [0.2, 0.25) is 0 Å². The number of nitrogens with two attached hydrogens (primary N) is 1. The number of carbonyl (C=O) groups excluding carboxylic acids is 1. The highest BCUT2D eigenvalue weighted by atomic mass is 32.1. The fraction of sp³-hybridized carbons (Fsp3) is 0.636. The number of nitrogens with zero attached hydrogens (tertiary/aromatic N) is 2. The van der Waals surface area contributed by atoms with Crippen LogP contribution in [0, 0.1) is 0 Å². The topological polar surface area (TPSA) is 59.2 Å². The molecular weight excluding hydrogens is 222 g/mol. The van der Waals surface area contributed by atoms with Crippen LogP contribution in [0.4, 0.5) is 0 Å². The normalized spacial score (nSPS) is 26.5. The van der Waals surface area contributed by atoms with Crippen molar-refractivity contribution in [3.05, 3.63) is 16.6 Å². The van der Waals surface area contributed by atoms with Gasteiger partial charge < -0.3 is 10.6 Å². The molecule has 4 nitrogen and oxygen atoms in total. The van der Waals surface area contributed by atoms with E-state index in [0.29, 0.717) is 6.42 Å². The smallest absolute Gasteiger partial charge is 0.223 e. The quantitative estimate of drug-likeness (QED) is 0.851. The summed E-state index contributed by atoms with van der Waals surface area (Å²) < 4.78 is 0. The summed E-state index contributed by atoms with van der Waals surface area (Å²) in [4.78, 5) is 19.0. The first-order valence-electron chi connectivity index (χ1n) is 5.56. The van der Waals surface area contributed by atoms with E-state index >= 15 is 0 Å². The molecule has 2 N–H and O–H groups in total. The van der Waals surface area contributed by atoms with Gasteiger partial charge in [-0.15, -0.1) is 11.3 Å². The number of piperidine rings is 1. The van der Waals surface area contributed by atoms with Gasteiger partial charge in [-0.05, 0) is 20.3 Å². The first kappa shape index (κ1) is 11.5. The third-order valence-corrected chi connectivity index (χ3v) is 3.83. The second kappa shape index (κ2) is 4.51. The zero-order valence-corrected chi connectivity index (χ0v) is 10.4. The largest absolute Gasteiger partial charge is 0.331 e. The molecule has 2 unspecified atom stereocenters. The minimum absolute atomic E-state index is 0.00810. The fourth-order valence-corrected chi connectivity index (χ4v) is 3.06. The first-order valence-corrected chi connectivity index (χ1v) is 6.44. The van der Waals surface area contributed by atoms with Crippen molar-refractivity contribution in [1.29, 1.82) is 0 Å². The second-order valence-corrected chi connectivity index (χ2v) is 5.36. The van der Waals surface area contributed by atoms with Crippen molar-refractivity contribution < 1.29 is 4.79 Å². The maximum atomic E-state index is 11.9. The van der Waals surface area contributed by atoms with Gasteiger partial charge in [0.2, 0.25) is 5.91 Å². The van der Waals surface area contributed by atoms with Crippen molar-refractivity contribution in [2.75, 3.05) is 0 Å². The Kier molecular flexibility index (Phi) is 3.25. The van der Waals surface area contributed by atoms with E-state index in [9.17, 15) is 4.79 Å². The summed E-state index contributed by atoms with van der Waals surface area (Å²) in [6, 6.07) is 0.222. The lowest BCUT2D eigenvalue weighted by Crippen LogP contribution is -2.51. The van der Waals surface area contributed by atoms with Gasteiger partial charge in [0.25, 0.3) is 0 Å². The van der Waals surface area contributed by atoms with Gasteiger partial charge in [0, 0.05) is 29.6 Å². The molecule has 1 saturated heterocycles. The Hall–Kier alpha value is -0.940. The summed E-state index contributed by atoms with van der Waals surface area (Å²) in [5.41, 5.74) is 7.94. The summed E-state index contributed by atoms with van der Waals surface area (Å²) in [5, 5.41) is 0. The molecule has 0 spiro atoms. The lowest BCUT2D eigenvalue weighted by atomic mass is 9.94. The molecule has 1 aromatic rings. The standard InChI is InChI=1S/C11H17N3OS/c1-7(2)14-10(15)4-3-8(12)11(14)9-5-13-6-16-9/h5-8,11H,3-4,12H2,1-2H3. The van der Waals surface area contributed by atoms with E-state index in [1.165, 1.54) is 0 Å². The van der Waals surface area contributed by atoms with Crippen LogP contribution in [0.3, 0.4) is 0 Å². The van der Waals surface area contributed by atoms with Gasteiger partial charge in [-0.2, -0.15) is 0 Å². The van der Waals surface area contributed by atoms with Crippen molar-refractivity contribution in [1.82, 2.24) is 9.88 Å². The Morgan fingerprint density at radius 3 is 2.94 bits per heavy atom. The molecule has 1 aliphatic rings. The number of thiazole rings is 1. The molecule has 0 saturated carbocycles. The van der Waals surface area contributed by atoms with Crippen LogP contribution in [-0.2, 0) is 4.79 Å². The lowest BCUT2D eigenvalue weighted by molar-refractivity contribution is -0.139. The molecule has 1 amide bonds. The van der Waals surface area contributed by atoms with Crippen molar-refractivity contribution in [3.8, 4) is 0 Å². The third kappa shape index (κ3) is 1.97. The monoisotopic (exact) mass is 239 g/mol. The summed E-state index contributed by atoms with van der Waals surface area (Å²) >= 11 is 1.57. The fourth-order valence-electron chi connectivity index (χ4n) is 2.27. The van der Waals surface area contributed by atoms with E-state index in [4.69, 9.17) is 5.73 Å². The number of hydrogen-bond acceptors (Lipinski definition) is 4. The highest BCUT2D eigenvalue weighted by Gasteiger charge is 2.36. The minimum atomic E-state index is 0.00810. The van der Waals surface area contributed by atoms with E-state index < -0.39 is 0 Å². The Bertz CT molecular complexity index is 363. The van der Waals surface area contributed by atoms with Crippen LogP contribution in [0.5, 0.6) is 0 Å². The number of rotatable bonds is 2. The Morgan fingerprint density at radius 1 is 1.62 bits per heavy atom. The molecule has 2 rings (SSSR count). The van der Waals surface area contributed by atoms with Crippen molar-refractivity contribution in [3.63, 3.8) is 0 Å². The van der Waals surface area contributed by atoms with Crippen molar-refractivity contribution >= 4 is 17.2 Å². The highest BCUT2D eigenvalue weighted by molar-refractivity contribution is 7.09. The first-order chi connectivity index (χ1) is 7.61. The predicted molar refractivity (Wildman–Crippen MR) is 64.0 cm³/mol. The average Bonchev–Trinajstić information content (AvgIpc) is 2.73. The molecule has 5 heteroatoms. The van der Waals surface area contributed by atoms with Gasteiger partial charge in [-0.25, -0.2) is 0 Å². The minimum Gasteiger partial charge on any atom is -0.331 e. The van der Waals surface area contributed by atoms with Gasteiger partial charge >= 0.3 is 0 Å². The van der Waals surface area contributed by atoms with Gasteiger partial charge in [0.05, 0.1) is 11.6 Å². The van der Waals surface area contributed by atoms with Crippen LogP contribution >= 0.6 is 11.3 Å². The molecule has 0 aliphatic carbocycles. The van der Waals surface area contributed by atoms with Crippen LogP contribution < -0.4 is 5.73 Å². The maximum absolute atomic E-state index is 11.9. The molecule has 1 aromatic heterocycles. The number of amides is 1. The molecule has 0 radical (unpaired) electrons. The van der Waals surface area contributed by atoms with Crippen molar-refractivity contribution in [2.24, 2.45) is 5.73 Å². The number of likely N-dealkylation sites (tertiary alicyclic amines) is 1. The predicted octanol–water partition coefficient (Wildman–Crippen LogP) is 1.54. The molecule has 0 aromatic carbocycles. The zero-order valence-electron chi connectivity index (χ0n) is 9.59. The van der Waals surface area contributed by atoms with E-state index in [1.54, 1.807) is 16.8 Å². The summed E-state index contributed by atoms with van der Waals surface area (Å²) in [6.45, 7) is 4.06. The third-order valence-electron chi connectivity index (χ3n) is 2.98. The van der Waals surface area contributed by atoms with E-state index in [2.05, 4.69) is 4.98 Å². The second-order valence-electron chi connectivity index (χ2n) is 4.45. The summed E-state index contributed by atoms with van der Waals surface area (Å²) in [7, 11) is 0. The summed E-state index contributed by atoms with van der Waals surface area (Å²) in [6.07, 6.45) is 3.16. The Morgan fingerprint density at radius 2 is 2.38 bits per heavy atom. The van der Waals surface area contributed by atoms with Crippen LogP contribution in [-0.4, -0.2) is 27.9 Å². The van der Waals surface area contributed by atoms with Crippen molar-refractivity contribution in [2.45, 2.75) is 44.8 Å². The van der Waals surface area contributed by atoms with Gasteiger partial charge in [-0.3, -0.25) is 9.78 Å². The molecule has 16 heavy (non-hydrogen) atoms. The molecule has 2 atom stereocenters. The van der Waals surface area contributed by atoms with E-state index in [-0.39, 0.29) is 24.0 Å². The molecule has 88 valence electrons. The SMILES string of the molecule is CC(C)N1C(=O)CCC(N)C1c1cncs1. The van der Waals surface area contributed by atoms with E-state index in [1.807, 2.05) is 24.9 Å². The zero-order chi connectivity index (χ0) is 11.7.